The molecular weight excluding hydrogens is 234 g/mol. The zero-order valence-corrected chi connectivity index (χ0v) is 10.6. The van der Waals surface area contributed by atoms with Crippen LogP contribution in [0.2, 0.25) is 0 Å². The van der Waals surface area contributed by atoms with Crippen molar-refractivity contribution in [1.29, 1.82) is 0 Å². The number of anilines is 1. The molecule has 0 amide bonds. The number of hydrogen-bond acceptors (Lipinski definition) is 5. The van der Waals surface area contributed by atoms with Crippen molar-refractivity contribution in [2.75, 3.05) is 38.2 Å². The van der Waals surface area contributed by atoms with E-state index in [9.17, 15) is 0 Å². The molecule has 0 saturated carbocycles. The van der Waals surface area contributed by atoms with Gasteiger partial charge in [0.15, 0.2) is 5.13 Å². The largest absolute Gasteiger partial charge is 0.494 e. The van der Waals surface area contributed by atoms with Crippen LogP contribution in [0.3, 0.4) is 0 Å². The van der Waals surface area contributed by atoms with Crippen LogP contribution in [0.1, 0.15) is 0 Å². The molecule has 17 heavy (non-hydrogen) atoms. The first kappa shape index (κ1) is 10.8. The second-order valence-corrected chi connectivity index (χ2v) is 5.05. The number of nitrogens with one attached hydrogen (secondary N) is 1. The summed E-state index contributed by atoms with van der Waals surface area (Å²) in [5.74, 6) is 0.861. The van der Waals surface area contributed by atoms with E-state index in [0.717, 1.165) is 42.6 Å². The van der Waals surface area contributed by atoms with Crippen LogP contribution in [0.5, 0.6) is 5.75 Å². The van der Waals surface area contributed by atoms with E-state index in [0.29, 0.717) is 0 Å². The molecule has 1 N–H and O–H groups in total. The van der Waals surface area contributed by atoms with Gasteiger partial charge in [-0.2, -0.15) is 0 Å². The summed E-state index contributed by atoms with van der Waals surface area (Å²) in [6.45, 7) is 4.13. The number of aromatic nitrogens is 1. The fourth-order valence-corrected chi connectivity index (χ4v) is 3.10. The molecular formula is C12H15N3OS. The zero-order valence-electron chi connectivity index (χ0n) is 9.77. The van der Waals surface area contributed by atoms with Gasteiger partial charge in [0, 0.05) is 26.2 Å². The monoisotopic (exact) mass is 249 g/mol. The second-order valence-electron chi connectivity index (χ2n) is 4.04. The lowest BCUT2D eigenvalue weighted by Gasteiger charge is -2.26. The van der Waals surface area contributed by atoms with Gasteiger partial charge >= 0.3 is 0 Å². The van der Waals surface area contributed by atoms with Gasteiger partial charge in [0.25, 0.3) is 0 Å². The minimum absolute atomic E-state index is 0.861. The molecule has 1 aromatic carbocycles. The van der Waals surface area contributed by atoms with Crippen LogP contribution in [0.4, 0.5) is 5.13 Å². The number of nitrogens with zero attached hydrogens (tertiary/aromatic N) is 2. The van der Waals surface area contributed by atoms with Gasteiger partial charge in [-0.3, -0.25) is 0 Å². The summed E-state index contributed by atoms with van der Waals surface area (Å²) in [7, 11) is 1.69. The van der Waals surface area contributed by atoms with E-state index in [1.54, 1.807) is 18.4 Å². The molecule has 1 aromatic heterocycles. The number of hydrogen-bond donors (Lipinski definition) is 1. The molecule has 0 spiro atoms. The van der Waals surface area contributed by atoms with Gasteiger partial charge < -0.3 is 15.0 Å². The van der Waals surface area contributed by atoms with E-state index in [4.69, 9.17) is 9.72 Å². The second kappa shape index (κ2) is 4.50. The number of rotatable bonds is 2. The molecule has 90 valence electrons. The number of benzene rings is 1. The van der Waals surface area contributed by atoms with E-state index in [-0.39, 0.29) is 0 Å². The normalized spacial score (nSPS) is 16.4. The molecule has 0 radical (unpaired) electrons. The Morgan fingerprint density at radius 3 is 2.94 bits per heavy atom. The summed E-state index contributed by atoms with van der Waals surface area (Å²) < 4.78 is 6.53. The van der Waals surface area contributed by atoms with Gasteiger partial charge in [0.05, 0.1) is 11.8 Å². The fourth-order valence-electron chi connectivity index (χ4n) is 2.07. The third kappa shape index (κ3) is 1.96. The average molecular weight is 249 g/mol. The summed E-state index contributed by atoms with van der Waals surface area (Å²) in [5.41, 5.74) is 0.980. The van der Waals surface area contributed by atoms with Crippen molar-refractivity contribution >= 4 is 26.7 Å². The third-order valence-corrected chi connectivity index (χ3v) is 4.06. The Morgan fingerprint density at radius 1 is 1.35 bits per heavy atom. The maximum atomic E-state index is 5.34. The fraction of sp³-hybridized carbons (Fsp3) is 0.417. The topological polar surface area (TPSA) is 37.4 Å². The van der Waals surface area contributed by atoms with Crippen molar-refractivity contribution in [1.82, 2.24) is 10.3 Å². The van der Waals surface area contributed by atoms with Crippen molar-refractivity contribution in [3.63, 3.8) is 0 Å². The quantitative estimate of drug-likeness (QED) is 0.879. The van der Waals surface area contributed by atoms with E-state index < -0.39 is 0 Å². The molecule has 2 heterocycles. The number of thiazole rings is 1. The highest BCUT2D eigenvalue weighted by Gasteiger charge is 2.16. The van der Waals surface area contributed by atoms with Gasteiger partial charge in [-0.15, -0.1) is 0 Å². The molecule has 1 aliphatic rings. The molecule has 1 fully saturated rings. The molecule has 0 aliphatic carbocycles. The SMILES string of the molecule is COc1cccc2sc(N3CCNCC3)nc12. The van der Waals surface area contributed by atoms with Crippen LogP contribution in [0.15, 0.2) is 18.2 Å². The average Bonchev–Trinajstić information content (AvgIpc) is 2.83. The molecule has 0 bridgehead atoms. The highest BCUT2D eigenvalue weighted by atomic mass is 32.1. The number of para-hydroxylation sites is 1. The smallest absolute Gasteiger partial charge is 0.186 e. The minimum atomic E-state index is 0.861. The maximum Gasteiger partial charge on any atom is 0.186 e. The summed E-state index contributed by atoms with van der Waals surface area (Å²) in [5, 5.41) is 4.45. The van der Waals surface area contributed by atoms with Crippen molar-refractivity contribution in [2.45, 2.75) is 0 Å². The zero-order chi connectivity index (χ0) is 11.7. The van der Waals surface area contributed by atoms with Crippen molar-refractivity contribution in [2.24, 2.45) is 0 Å². The number of piperazine rings is 1. The standard InChI is InChI=1S/C12H15N3OS/c1-16-9-3-2-4-10-11(9)14-12(17-10)15-7-5-13-6-8-15/h2-4,13H,5-8H2,1H3. The molecule has 1 saturated heterocycles. The van der Waals surface area contributed by atoms with E-state index in [1.807, 2.05) is 12.1 Å². The van der Waals surface area contributed by atoms with Gasteiger partial charge in [-0.05, 0) is 12.1 Å². The lowest BCUT2D eigenvalue weighted by atomic mass is 10.3. The van der Waals surface area contributed by atoms with Crippen LogP contribution < -0.4 is 15.0 Å². The summed E-state index contributed by atoms with van der Waals surface area (Å²) in [6.07, 6.45) is 0. The number of ether oxygens (including phenoxy) is 1. The summed E-state index contributed by atoms with van der Waals surface area (Å²) in [4.78, 5) is 7.03. The Kier molecular flexibility index (Phi) is 2.86. The van der Waals surface area contributed by atoms with Gasteiger partial charge in [0.2, 0.25) is 0 Å². The molecule has 0 atom stereocenters. The molecule has 3 rings (SSSR count). The van der Waals surface area contributed by atoms with Crippen molar-refractivity contribution in [3.05, 3.63) is 18.2 Å². The lowest BCUT2D eigenvalue weighted by molar-refractivity contribution is 0.419. The molecule has 1 aliphatic heterocycles. The highest BCUT2D eigenvalue weighted by molar-refractivity contribution is 7.22. The Hall–Kier alpha value is -1.33. The predicted octanol–water partition coefficient (Wildman–Crippen LogP) is 1.71. The Labute approximate surface area is 104 Å². The van der Waals surface area contributed by atoms with E-state index in [2.05, 4.69) is 16.3 Å². The van der Waals surface area contributed by atoms with Crippen molar-refractivity contribution < 1.29 is 4.74 Å². The summed E-state index contributed by atoms with van der Waals surface area (Å²) >= 11 is 1.74. The van der Waals surface area contributed by atoms with Crippen LogP contribution >= 0.6 is 11.3 Å². The molecule has 2 aromatic rings. The first-order valence-corrected chi connectivity index (χ1v) is 6.59. The Morgan fingerprint density at radius 2 is 2.18 bits per heavy atom. The lowest BCUT2D eigenvalue weighted by Crippen LogP contribution is -2.43. The van der Waals surface area contributed by atoms with Gasteiger partial charge in [0.1, 0.15) is 11.3 Å². The van der Waals surface area contributed by atoms with Gasteiger partial charge in [-0.25, -0.2) is 4.98 Å². The Balaban J connectivity index is 2.00. The van der Waals surface area contributed by atoms with Crippen LogP contribution in [-0.4, -0.2) is 38.3 Å². The highest BCUT2D eigenvalue weighted by Crippen LogP contribution is 2.33. The van der Waals surface area contributed by atoms with Crippen LogP contribution in [-0.2, 0) is 0 Å². The predicted molar refractivity (Wildman–Crippen MR) is 71.3 cm³/mol. The Bertz CT molecular complexity index is 519. The summed E-state index contributed by atoms with van der Waals surface area (Å²) in [6, 6.07) is 6.08. The van der Waals surface area contributed by atoms with E-state index in [1.165, 1.54) is 4.70 Å². The van der Waals surface area contributed by atoms with Crippen LogP contribution in [0.25, 0.3) is 10.2 Å². The molecule has 0 unspecified atom stereocenters. The first-order valence-electron chi connectivity index (χ1n) is 5.78. The number of methoxy groups -OCH3 is 1. The maximum absolute atomic E-state index is 5.34. The van der Waals surface area contributed by atoms with E-state index >= 15 is 0 Å². The molecule has 4 nitrogen and oxygen atoms in total. The number of fused-ring (bicyclic) bond motifs is 1. The van der Waals surface area contributed by atoms with Crippen molar-refractivity contribution in [3.8, 4) is 5.75 Å². The van der Waals surface area contributed by atoms with Crippen LogP contribution in [0, 0.1) is 0 Å². The minimum Gasteiger partial charge on any atom is -0.494 e. The third-order valence-electron chi connectivity index (χ3n) is 2.98. The molecule has 5 heteroatoms. The first-order chi connectivity index (χ1) is 8.38. The van der Waals surface area contributed by atoms with Gasteiger partial charge in [-0.1, -0.05) is 17.4 Å².